The fourth-order valence-corrected chi connectivity index (χ4v) is 3.59. The van der Waals surface area contributed by atoms with E-state index in [4.69, 9.17) is 4.74 Å². The Kier molecular flexibility index (Phi) is 7.48. The predicted molar refractivity (Wildman–Crippen MR) is 130 cm³/mol. The second-order valence-corrected chi connectivity index (χ2v) is 8.08. The van der Waals surface area contributed by atoms with E-state index in [1.165, 1.54) is 0 Å². The molecule has 3 aromatic rings. The number of rotatable bonds is 6. The van der Waals surface area contributed by atoms with Crippen molar-refractivity contribution in [3.05, 3.63) is 81.1 Å². The Labute approximate surface area is 195 Å². The molecular formula is C24H25BrN4O3. The standard InChI is InChI=1S/C24H25BrN4O3/c1-5-32-23(30)18-7-6-8-21(13-18)29-16(3)12-19(17(29)4)14-26-28-24(31)27-20-9-10-22(25)15(2)11-20/h6-14H,5H2,1-4H3,(H2,27,28,31)/b26-14+. The van der Waals surface area contributed by atoms with Crippen LogP contribution in [0.2, 0.25) is 0 Å². The number of amides is 2. The quantitative estimate of drug-likeness (QED) is 0.268. The molecule has 2 aromatic carbocycles. The summed E-state index contributed by atoms with van der Waals surface area (Å²) in [6.07, 6.45) is 1.60. The second-order valence-electron chi connectivity index (χ2n) is 7.22. The average molecular weight is 497 g/mol. The van der Waals surface area contributed by atoms with Crippen molar-refractivity contribution in [2.45, 2.75) is 27.7 Å². The zero-order chi connectivity index (χ0) is 23.3. The molecule has 0 fully saturated rings. The lowest BCUT2D eigenvalue weighted by Gasteiger charge is -2.11. The first-order chi connectivity index (χ1) is 15.3. The number of carbonyl (C=O) groups excluding carboxylic acids is 2. The van der Waals surface area contributed by atoms with Crippen LogP contribution in [0.3, 0.4) is 0 Å². The summed E-state index contributed by atoms with van der Waals surface area (Å²) < 4.78 is 8.10. The van der Waals surface area contributed by atoms with Crippen molar-refractivity contribution in [1.82, 2.24) is 9.99 Å². The van der Waals surface area contributed by atoms with Crippen LogP contribution < -0.4 is 10.7 Å². The lowest BCUT2D eigenvalue weighted by molar-refractivity contribution is 0.0526. The van der Waals surface area contributed by atoms with Crippen LogP contribution in [0.5, 0.6) is 0 Å². The van der Waals surface area contributed by atoms with Crippen LogP contribution in [0.1, 0.15) is 39.8 Å². The Morgan fingerprint density at radius 3 is 2.62 bits per heavy atom. The first kappa shape index (κ1) is 23.3. The van der Waals surface area contributed by atoms with Gasteiger partial charge in [0, 0.05) is 32.8 Å². The number of esters is 1. The molecule has 0 aliphatic rings. The molecule has 3 rings (SSSR count). The van der Waals surface area contributed by atoms with E-state index >= 15 is 0 Å². The summed E-state index contributed by atoms with van der Waals surface area (Å²) in [5.74, 6) is -0.352. The van der Waals surface area contributed by atoms with E-state index in [0.717, 1.165) is 32.7 Å². The second kappa shape index (κ2) is 10.3. The van der Waals surface area contributed by atoms with E-state index in [0.29, 0.717) is 17.9 Å². The number of urea groups is 1. The largest absolute Gasteiger partial charge is 0.462 e. The van der Waals surface area contributed by atoms with Crippen LogP contribution >= 0.6 is 15.9 Å². The summed E-state index contributed by atoms with van der Waals surface area (Å²) in [5, 5.41) is 6.82. The molecule has 1 heterocycles. The average Bonchev–Trinajstić information content (AvgIpc) is 3.04. The topological polar surface area (TPSA) is 84.7 Å². The number of halogens is 1. The number of hydrogen-bond donors (Lipinski definition) is 2. The van der Waals surface area contributed by atoms with Crippen LogP contribution in [-0.4, -0.2) is 29.4 Å². The van der Waals surface area contributed by atoms with Crippen molar-refractivity contribution < 1.29 is 14.3 Å². The third-order valence-electron chi connectivity index (χ3n) is 4.87. The number of hydrazone groups is 1. The summed E-state index contributed by atoms with van der Waals surface area (Å²) in [7, 11) is 0. The molecular weight excluding hydrogens is 472 g/mol. The minimum atomic E-state index is -0.432. The maximum atomic E-state index is 12.1. The van der Waals surface area contributed by atoms with Gasteiger partial charge in [0.15, 0.2) is 0 Å². The molecule has 0 bridgehead atoms. The van der Waals surface area contributed by atoms with E-state index in [9.17, 15) is 9.59 Å². The lowest BCUT2D eigenvalue weighted by Crippen LogP contribution is -2.24. The molecule has 0 saturated heterocycles. The first-order valence-corrected chi connectivity index (χ1v) is 10.9. The van der Waals surface area contributed by atoms with Gasteiger partial charge in [-0.1, -0.05) is 22.0 Å². The number of anilines is 1. The summed E-state index contributed by atoms with van der Waals surface area (Å²) in [6, 6.07) is 14.4. The van der Waals surface area contributed by atoms with Crippen molar-refractivity contribution in [2.75, 3.05) is 11.9 Å². The Hall–Kier alpha value is -3.39. The molecule has 0 aliphatic carbocycles. The van der Waals surface area contributed by atoms with E-state index in [1.54, 1.807) is 31.3 Å². The van der Waals surface area contributed by atoms with Gasteiger partial charge in [0.05, 0.1) is 18.4 Å². The molecule has 0 aliphatic heterocycles. The number of ether oxygens (including phenoxy) is 1. The summed E-state index contributed by atoms with van der Waals surface area (Å²) >= 11 is 3.44. The highest BCUT2D eigenvalue weighted by Crippen LogP contribution is 2.21. The highest BCUT2D eigenvalue weighted by atomic mass is 79.9. The smallest absolute Gasteiger partial charge is 0.339 e. The molecule has 0 unspecified atom stereocenters. The van der Waals surface area contributed by atoms with Gasteiger partial charge < -0.3 is 14.6 Å². The molecule has 7 nitrogen and oxygen atoms in total. The maximum absolute atomic E-state index is 12.1. The molecule has 0 atom stereocenters. The van der Waals surface area contributed by atoms with Crippen LogP contribution in [0, 0.1) is 20.8 Å². The summed E-state index contributed by atoms with van der Waals surface area (Å²) in [6.45, 7) is 7.98. The molecule has 2 N–H and O–H groups in total. The van der Waals surface area contributed by atoms with Gasteiger partial charge in [-0.3, -0.25) is 0 Å². The monoisotopic (exact) mass is 496 g/mol. The lowest BCUT2D eigenvalue weighted by atomic mass is 10.2. The molecule has 0 saturated carbocycles. The van der Waals surface area contributed by atoms with Gasteiger partial charge in [-0.15, -0.1) is 0 Å². The van der Waals surface area contributed by atoms with Crippen LogP contribution in [0.15, 0.2) is 58.1 Å². The highest BCUT2D eigenvalue weighted by molar-refractivity contribution is 9.10. The zero-order valence-electron chi connectivity index (χ0n) is 18.4. The maximum Gasteiger partial charge on any atom is 0.339 e. The van der Waals surface area contributed by atoms with Gasteiger partial charge in [-0.25, -0.2) is 15.0 Å². The van der Waals surface area contributed by atoms with Gasteiger partial charge in [-0.2, -0.15) is 5.10 Å². The van der Waals surface area contributed by atoms with Crippen molar-refractivity contribution in [3.63, 3.8) is 0 Å². The van der Waals surface area contributed by atoms with Gasteiger partial charge in [0.2, 0.25) is 0 Å². The van der Waals surface area contributed by atoms with E-state index in [1.807, 2.05) is 55.7 Å². The molecule has 8 heteroatoms. The van der Waals surface area contributed by atoms with Crippen LogP contribution in [0.25, 0.3) is 5.69 Å². The molecule has 1 aromatic heterocycles. The van der Waals surface area contributed by atoms with Gasteiger partial charge in [0.1, 0.15) is 0 Å². The number of aromatic nitrogens is 1. The third kappa shape index (κ3) is 5.45. The number of hydrogen-bond acceptors (Lipinski definition) is 4. The Balaban J connectivity index is 1.72. The van der Waals surface area contributed by atoms with E-state index < -0.39 is 6.03 Å². The number of benzene rings is 2. The predicted octanol–water partition coefficient (Wildman–Crippen LogP) is 5.50. The number of carbonyl (C=O) groups is 2. The zero-order valence-corrected chi connectivity index (χ0v) is 20.0. The van der Waals surface area contributed by atoms with Crippen LogP contribution in [-0.2, 0) is 4.74 Å². The Morgan fingerprint density at radius 2 is 1.91 bits per heavy atom. The fourth-order valence-electron chi connectivity index (χ4n) is 3.34. The van der Waals surface area contributed by atoms with Crippen LogP contribution in [0.4, 0.5) is 10.5 Å². The molecule has 166 valence electrons. The highest BCUT2D eigenvalue weighted by Gasteiger charge is 2.12. The number of aryl methyl sites for hydroxylation is 2. The number of nitrogens with one attached hydrogen (secondary N) is 2. The fraction of sp³-hybridized carbons (Fsp3) is 0.208. The third-order valence-corrected chi connectivity index (χ3v) is 5.76. The van der Waals surface area contributed by atoms with E-state index in [2.05, 4.69) is 31.8 Å². The minimum absolute atomic E-state index is 0.327. The molecule has 0 spiro atoms. The molecule has 32 heavy (non-hydrogen) atoms. The molecule has 0 radical (unpaired) electrons. The number of nitrogens with zero attached hydrogens (tertiary/aromatic N) is 2. The SMILES string of the molecule is CCOC(=O)c1cccc(-n2c(C)cc(/C=N/NC(=O)Nc3ccc(Br)c(C)c3)c2C)c1. The first-order valence-electron chi connectivity index (χ1n) is 10.1. The van der Waals surface area contributed by atoms with E-state index in [-0.39, 0.29) is 5.97 Å². The normalized spacial score (nSPS) is 10.9. The van der Waals surface area contributed by atoms with Crippen molar-refractivity contribution in [3.8, 4) is 5.69 Å². The van der Waals surface area contributed by atoms with Crippen molar-refractivity contribution >= 4 is 39.8 Å². The van der Waals surface area contributed by atoms with Gasteiger partial charge >= 0.3 is 12.0 Å². The Morgan fingerprint density at radius 1 is 1.12 bits per heavy atom. The van der Waals surface area contributed by atoms with Gasteiger partial charge in [-0.05, 0) is 75.7 Å². The minimum Gasteiger partial charge on any atom is -0.462 e. The summed E-state index contributed by atoms with van der Waals surface area (Å²) in [5.41, 5.74) is 8.28. The Bertz CT molecular complexity index is 1180. The summed E-state index contributed by atoms with van der Waals surface area (Å²) in [4.78, 5) is 24.2. The van der Waals surface area contributed by atoms with Gasteiger partial charge in [0.25, 0.3) is 0 Å². The van der Waals surface area contributed by atoms with Crippen molar-refractivity contribution in [1.29, 1.82) is 0 Å². The van der Waals surface area contributed by atoms with Crippen molar-refractivity contribution in [2.24, 2.45) is 5.10 Å². The molecule has 2 amide bonds.